The van der Waals surface area contributed by atoms with Crippen LogP contribution in [-0.2, 0) is 19.6 Å². The molecular weight excluding hydrogens is 452 g/mol. The van der Waals surface area contributed by atoms with Crippen LogP contribution in [0.5, 0.6) is 0 Å². The molecule has 1 aromatic carbocycles. The van der Waals surface area contributed by atoms with Gasteiger partial charge < -0.3 is 10.6 Å². The summed E-state index contributed by atoms with van der Waals surface area (Å²) in [7, 11) is -3.64. The zero-order valence-corrected chi connectivity index (χ0v) is 20.2. The molecule has 8 nitrogen and oxygen atoms in total. The minimum atomic E-state index is -3.64. The molecule has 1 atom stereocenters. The molecule has 2 fully saturated rings. The summed E-state index contributed by atoms with van der Waals surface area (Å²) in [5.41, 5.74) is 0.292. The van der Waals surface area contributed by atoms with Crippen LogP contribution in [0.4, 0.5) is 5.69 Å². The Bertz CT molecular complexity index is 917. The van der Waals surface area contributed by atoms with E-state index in [4.69, 9.17) is 11.6 Å². The van der Waals surface area contributed by atoms with Crippen molar-refractivity contribution in [3.05, 3.63) is 23.2 Å². The molecule has 2 aliphatic rings. The van der Waals surface area contributed by atoms with Gasteiger partial charge in [0.25, 0.3) is 0 Å². The summed E-state index contributed by atoms with van der Waals surface area (Å²) >= 11 is 6.26. The summed E-state index contributed by atoms with van der Waals surface area (Å²) in [4.78, 5) is 26.5. The van der Waals surface area contributed by atoms with Crippen LogP contribution in [0.3, 0.4) is 0 Å². The summed E-state index contributed by atoms with van der Waals surface area (Å²) in [5, 5.41) is 6.05. The summed E-state index contributed by atoms with van der Waals surface area (Å²) in [6.45, 7) is 4.36. The minimum absolute atomic E-state index is 0.00974. The van der Waals surface area contributed by atoms with E-state index in [2.05, 4.69) is 10.6 Å². The standard InChI is InChI=1S/C22H33ClN4O4S/c1-2-21(28)24-17-8-7-11-26(15-17)16-22(29)25-20-14-18(9-10-19(20)23)32(30,31)27-12-5-3-4-6-13-27/h9-10,14,17H,2-8,11-13,15-16H2,1H3,(H,24,28)(H,25,29). The van der Waals surface area contributed by atoms with Crippen molar-refractivity contribution in [2.24, 2.45) is 0 Å². The number of rotatable bonds is 7. The van der Waals surface area contributed by atoms with Gasteiger partial charge in [0.05, 0.1) is 22.2 Å². The Hall–Kier alpha value is -1.68. The van der Waals surface area contributed by atoms with Crippen LogP contribution in [0.15, 0.2) is 23.1 Å². The number of anilines is 1. The summed E-state index contributed by atoms with van der Waals surface area (Å²) in [6, 6.07) is 4.49. The predicted octanol–water partition coefficient (Wildman–Crippen LogP) is 2.83. The zero-order chi connectivity index (χ0) is 23.1. The van der Waals surface area contributed by atoms with Gasteiger partial charge in [0.15, 0.2) is 0 Å². The predicted molar refractivity (Wildman–Crippen MR) is 125 cm³/mol. The third-order valence-electron chi connectivity index (χ3n) is 5.97. The average molecular weight is 485 g/mol. The molecule has 0 bridgehead atoms. The van der Waals surface area contributed by atoms with E-state index in [1.807, 2.05) is 11.8 Å². The molecule has 0 aliphatic carbocycles. The molecule has 2 heterocycles. The molecule has 1 unspecified atom stereocenters. The molecule has 32 heavy (non-hydrogen) atoms. The molecule has 3 rings (SSSR count). The molecule has 0 saturated carbocycles. The van der Waals surface area contributed by atoms with Crippen molar-refractivity contribution in [2.75, 3.05) is 38.0 Å². The fraction of sp³-hybridized carbons (Fsp3) is 0.636. The third kappa shape index (κ3) is 6.66. The lowest BCUT2D eigenvalue weighted by Gasteiger charge is -2.32. The highest BCUT2D eigenvalue weighted by Gasteiger charge is 2.27. The van der Waals surface area contributed by atoms with E-state index in [0.717, 1.165) is 45.1 Å². The van der Waals surface area contributed by atoms with E-state index < -0.39 is 10.0 Å². The lowest BCUT2D eigenvalue weighted by molar-refractivity contribution is -0.121. The first kappa shape index (κ1) is 25.0. The van der Waals surface area contributed by atoms with Crippen LogP contribution in [0, 0.1) is 0 Å². The van der Waals surface area contributed by atoms with Crippen molar-refractivity contribution < 1.29 is 18.0 Å². The molecule has 1 aromatic rings. The number of piperidine rings is 1. The average Bonchev–Trinajstić information content (AvgIpc) is 3.05. The quantitative estimate of drug-likeness (QED) is 0.620. The first-order valence-corrected chi connectivity index (χ1v) is 13.2. The number of hydrogen-bond acceptors (Lipinski definition) is 5. The molecule has 0 aromatic heterocycles. The van der Waals surface area contributed by atoms with E-state index in [0.29, 0.717) is 36.8 Å². The number of carbonyl (C=O) groups is 2. The van der Waals surface area contributed by atoms with Gasteiger partial charge in [-0.3, -0.25) is 14.5 Å². The number of halogens is 1. The molecule has 2 amide bonds. The van der Waals surface area contributed by atoms with E-state index >= 15 is 0 Å². The van der Waals surface area contributed by atoms with Crippen molar-refractivity contribution in [1.29, 1.82) is 0 Å². The molecule has 10 heteroatoms. The van der Waals surface area contributed by atoms with Crippen molar-refractivity contribution in [3.8, 4) is 0 Å². The van der Waals surface area contributed by atoms with Gasteiger partial charge in [-0.2, -0.15) is 4.31 Å². The Kier molecular flexibility index (Phi) is 8.93. The second-order valence-corrected chi connectivity index (χ2v) is 10.8. The van der Waals surface area contributed by atoms with Crippen LogP contribution in [0.2, 0.25) is 5.02 Å². The molecule has 2 aliphatic heterocycles. The lowest BCUT2D eigenvalue weighted by atomic mass is 10.1. The summed E-state index contributed by atoms with van der Waals surface area (Å²) < 4.78 is 27.7. The molecule has 2 saturated heterocycles. The molecule has 0 spiro atoms. The van der Waals surface area contributed by atoms with Crippen molar-refractivity contribution in [3.63, 3.8) is 0 Å². The van der Waals surface area contributed by atoms with Crippen molar-refractivity contribution in [2.45, 2.75) is 62.8 Å². The Morgan fingerprint density at radius 2 is 1.78 bits per heavy atom. The van der Waals surface area contributed by atoms with E-state index in [9.17, 15) is 18.0 Å². The topological polar surface area (TPSA) is 98.8 Å². The largest absolute Gasteiger partial charge is 0.352 e. The number of amides is 2. The van der Waals surface area contributed by atoms with Gasteiger partial charge in [0.2, 0.25) is 21.8 Å². The number of likely N-dealkylation sites (tertiary alicyclic amines) is 1. The van der Waals surface area contributed by atoms with Gasteiger partial charge in [-0.15, -0.1) is 0 Å². The number of sulfonamides is 1. The summed E-state index contributed by atoms with van der Waals surface area (Å²) in [6.07, 6.45) is 6.00. The summed E-state index contributed by atoms with van der Waals surface area (Å²) in [5.74, 6) is -0.255. The maximum Gasteiger partial charge on any atom is 0.243 e. The number of carbonyl (C=O) groups excluding carboxylic acids is 2. The van der Waals surface area contributed by atoms with E-state index in [-0.39, 0.29) is 29.3 Å². The number of benzene rings is 1. The van der Waals surface area contributed by atoms with Gasteiger partial charge in [-0.1, -0.05) is 31.4 Å². The van der Waals surface area contributed by atoms with Gasteiger partial charge >= 0.3 is 0 Å². The monoisotopic (exact) mass is 484 g/mol. The number of nitrogens with one attached hydrogen (secondary N) is 2. The highest BCUT2D eigenvalue weighted by molar-refractivity contribution is 7.89. The van der Waals surface area contributed by atoms with Gasteiger partial charge in [-0.25, -0.2) is 8.42 Å². The molecule has 0 radical (unpaired) electrons. The Morgan fingerprint density at radius 3 is 2.47 bits per heavy atom. The maximum absolute atomic E-state index is 13.1. The molecule has 2 N–H and O–H groups in total. The molecule has 178 valence electrons. The Morgan fingerprint density at radius 1 is 1.06 bits per heavy atom. The smallest absolute Gasteiger partial charge is 0.243 e. The fourth-order valence-electron chi connectivity index (χ4n) is 4.23. The van der Waals surface area contributed by atoms with E-state index in [1.54, 1.807) is 0 Å². The van der Waals surface area contributed by atoms with E-state index in [1.165, 1.54) is 22.5 Å². The number of nitrogens with zero attached hydrogens (tertiary/aromatic N) is 2. The second-order valence-electron chi connectivity index (χ2n) is 8.50. The first-order valence-electron chi connectivity index (χ1n) is 11.4. The maximum atomic E-state index is 13.1. The van der Waals surface area contributed by atoms with Crippen molar-refractivity contribution >= 4 is 39.1 Å². The third-order valence-corrected chi connectivity index (χ3v) is 8.20. The number of hydrogen-bond donors (Lipinski definition) is 2. The normalized spacial score (nSPS) is 21.0. The lowest BCUT2D eigenvalue weighted by Crippen LogP contribution is -2.49. The minimum Gasteiger partial charge on any atom is -0.352 e. The van der Waals surface area contributed by atoms with Gasteiger partial charge in [0, 0.05) is 32.1 Å². The SMILES string of the molecule is CCC(=O)NC1CCCN(CC(=O)Nc2cc(S(=O)(=O)N3CCCCCC3)ccc2Cl)C1. The van der Waals surface area contributed by atoms with Crippen LogP contribution in [0.25, 0.3) is 0 Å². The van der Waals surface area contributed by atoms with Crippen LogP contribution in [0.1, 0.15) is 51.9 Å². The highest BCUT2D eigenvalue weighted by atomic mass is 35.5. The first-order chi connectivity index (χ1) is 15.3. The zero-order valence-electron chi connectivity index (χ0n) is 18.6. The molecular formula is C22H33ClN4O4S. The van der Waals surface area contributed by atoms with Crippen molar-refractivity contribution in [1.82, 2.24) is 14.5 Å². The Balaban J connectivity index is 1.64. The second kappa shape index (κ2) is 11.4. The van der Waals surface area contributed by atoms with Crippen LogP contribution < -0.4 is 10.6 Å². The highest BCUT2D eigenvalue weighted by Crippen LogP contribution is 2.28. The van der Waals surface area contributed by atoms with Crippen LogP contribution >= 0.6 is 11.6 Å². The fourth-order valence-corrected chi connectivity index (χ4v) is 5.94. The Labute approximate surface area is 195 Å². The van der Waals surface area contributed by atoms with Gasteiger partial charge in [-0.05, 0) is 50.4 Å². The van der Waals surface area contributed by atoms with Gasteiger partial charge in [0.1, 0.15) is 0 Å². The van der Waals surface area contributed by atoms with Crippen LogP contribution in [-0.4, -0.2) is 68.2 Å².